The van der Waals surface area contributed by atoms with Crippen molar-refractivity contribution in [3.8, 4) is 0 Å². The molecule has 1 N–H and O–H groups in total. The molecule has 2 heterocycles. The fourth-order valence-electron chi connectivity index (χ4n) is 5.35. The molecule has 2 aromatic carbocycles. The Morgan fingerprint density at radius 1 is 1.11 bits per heavy atom. The summed E-state index contributed by atoms with van der Waals surface area (Å²) in [5.74, 6) is 1.32. The van der Waals surface area contributed by atoms with E-state index < -0.39 is 11.7 Å². The molecule has 0 bridgehead atoms. The molecule has 0 saturated carbocycles. The van der Waals surface area contributed by atoms with Gasteiger partial charge in [-0.1, -0.05) is 18.2 Å². The van der Waals surface area contributed by atoms with E-state index in [1.54, 1.807) is 13.0 Å². The van der Waals surface area contributed by atoms with Gasteiger partial charge in [-0.25, -0.2) is 9.97 Å². The van der Waals surface area contributed by atoms with Gasteiger partial charge in [0.05, 0.1) is 11.1 Å². The summed E-state index contributed by atoms with van der Waals surface area (Å²) >= 11 is 0. The minimum Gasteiger partial charge on any atom is -0.363 e. The number of aryl methyl sites for hydroxylation is 2. The lowest BCUT2D eigenvalue weighted by molar-refractivity contribution is -0.137. The van der Waals surface area contributed by atoms with Crippen molar-refractivity contribution < 1.29 is 18.0 Å². The Hall–Kier alpha value is -3.42. The van der Waals surface area contributed by atoms with Crippen molar-refractivity contribution in [1.29, 1.82) is 0 Å². The van der Waals surface area contributed by atoms with E-state index in [1.165, 1.54) is 34.4 Å². The SMILES string of the molecule is CC(=O)N1CC=C(c2cc3c(NC(C)c4cccc(C(F)(F)F)c4)nc(C)nc3c3c2CCC3)CC1. The van der Waals surface area contributed by atoms with Crippen LogP contribution in [0.5, 0.6) is 0 Å². The Morgan fingerprint density at radius 2 is 1.89 bits per heavy atom. The molecule has 5 rings (SSSR count). The molecule has 5 nitrogen and oxygen atoms in total. The van der Waals surface area contributed by atoms with Crippen molar-refractivity contribution in [2.45, 2.75) is 58.7 Å². The van der Waals surface area contributed by atoms with E-state index >= 15 is 0 Å². The van der Waals surface area contributed by atoms with E-state index in [2.05, 4.69) is 22.4 Å². The van der Waals surface area contributed by atoms with Gasteiger partial charge < -0.3 is 10.2 Å². The average Bonchev–Trinajstić information content (AvgIpc) is 3.34. The van der Waals surface area contributed by atoms with Gasteiger partial charge in [0.2, 0.25) is 5.91 Å². The number of amides is 1. The first-order chi connectivity index (χ1) is 17.1. The Morgan fingerprint density at radius 3 is 2.58 bits per heavy atom. The largest absolute Gasteiger partial charge is 0.416 e. The highest BCUT2D eigenvalue weighted by Gasteiger charge is 2.31. The van der Waals surface area contributed by atoms with Gasteiger partial charge in [0.15, 0.2) is 0 Å². The van der Waals surface area contributed by atoms with E-state index in [1.807, 2.05) is 18.7 Å². The Balaban J connectivity index is 1.57. The second-order valence-electron chi connectivity index (χ2n) is 9.68. The molecule has 1 amide bonds. The average molecular weight is 495 g/mol. The van der Waals surface area contributed by atoms with Crippen molar-refractivity contribution in [2.75, 3.05) is 18.4 Å². The highest BCUT2D eigenvalue weighted by atomic mass is 19.4. The maximum atomic E-state index is 13.3. The highest BCUT2D eigenvalue weighted by molar-refractivity contribution is 5.96. The van der Waals surface area contributed by atoms with Crippen molar-refractivity contribution in [3.05, 3.63) is 70.0 Å². The molecule has 0 saturated heterocycles. The van der Waals surface area contributed by atoms with Crippen LogP contribution in [0.15, 0.2) is 36.4 Å². The Bertz CT molecular complexity index is 1380. The van der Waals surface area contributed by atoms with Crippen LogP contribution in [0.4, 0.5) is 19.0 Å². The molecule has 0 fully saturated rings. The van der Waals surface area contributed by atoms with Crippen molar-refractivity contribution >= 4 is 28.2 Å². The van der Waals surface area contributed by atoms with Crippen LogP contribution in [0.1, 0.15) is 66.4 Å². The van der Waals surface area contributed by atoms with Crippen molar-refractivity contribution in [3.63, 3.8) is 0 Å². The van der Waals surface area contributed by atoms with E-state index in [0.717, 1.165) is 42.7 Å². The molecule has 1 unspecified atom stereocenters. The number of anilines is 1. The van der Waals surface area contributed by atoms with Crippen molar-refractivity contribution in [2.24, 2.45) is 0 Å². The smallest absolute Gasteiger partial charge is 0.363 e. The third-order valence-corrected chi connectivity index (χ3v) is 7.24. The number of alkyl halides is 3. The number of nitrogens with zero attached hydrogens (tertiary/aromatic N) is 3. The fourth-order valence-corrected chi connectivity index (χ4v) is 5.35. The van der Waals surface area contributed by atoms with Gasteiger partial charge in [0.25, 0.3) is 0 Å². The third kappa shape index (κ3) is 4.56. The number of hydrogen-bond donors (Lipinski definition) is 1. The summed E-state index contributed by atoms with van der Waals surface area (Å²) in [6.45, 7) is 6.56. The molecule has 0 radical (unpaired) electrons. The molecule has 1 aromatic heterocycles. The topological polar surface area (TPSA) is 58.1 Å². The molecule has 8 heteroatoms. The quantitative estimate of drug-likeness (QED) is 0.466. The predicted octanol–water partition coefficient (Wildman–Crippen LogP) is 6.25. The zero-order valence-corrected chi connectivity index (χ0v) is 20.7. The zero-order chi connectivity index (χ0) is 25.6. The van der Waals surface area contributed by atoms with Crippen LogP contribution in [0, 0.1) is 6.92 Å². The van der Waals surface area contributed by atoms with E-state index in [0.29, 0.717) is 30.3 Å². The predicted molar refractivity (Wildman–Crippen MR) is 135 cm³/mol. The lowest BCUT2D eigenvalue weighted by Crippen LogP contribution is -2.32. The summed E-state index contributed by atoms with van der Waals surface area (Å²) in [7, 11) is 0. The summed E-state index contributed by atoms with van der Waals surface area (Å²) in [6, 6.07) is 7.14. The maximum Gasteiger partial charge on any atom is 0.416 e. The van der Waals surface area contributed by atoms with Crippen LogP contribution < -0.4 is 5.32 Å². The van der Waals surface area contributed by atoms with Gasteiger partial charge in [-0.15, -0.1) is 0 Å². The standard InChI is InChI=1S/C28H29F3N4O/c1-16(20-6-4-7-21(14-20)28(29,30)31)32-27-25-15-24(19-10-12-35(13-11-19)18(3)36)22-8-5-9-23(22)26(25)33-17(2)34-27/h4,6-7,10,14-16H,5,8-9,11-13H2,1-3H3,(H,32,33,34). The van der Waals surface area contributed by atoms with Gasteiger partial charge in [0, 0.05) is 31.4 Å². The van der Waals surface area contributed by atoms with E-state index in [4.69, 9.17) is 4.98 Å². The molecule has 188 valence electrons. The lowest BCUT2D eigenvalue weighted by atomic mass is 9.90. The number of carbonyl (C=O) groups is 1. The van der Waals surface area contributed by atoms with Crippen LogP contribution in [0.25, 0.3) is 16.5 Å². The zero-order valence-electron chi connectivity index (χ0n) is 20.7. The third-order valence-electron chi connectivity index (χ3n) is 7.24. The van der Waals surface area contributed by atoms with E-state index in [9.17, 15) is 18.0 Å². The fraction of sp³-hybridized carbons (Fsp3) is 0.393. The first-order valence-corrected chi connectivity index (χ1v) is 12.3. The monoisotopic (exact) mass is 494 g/mol. The van der Waals surface area contributed by atoms with Crippen molar-refractivity contribution in [1.82, 2.24) is 14.9 Å². The summed E-state index contributed by atoms with van der Waals surface area (Å²) in [6.07, 6.45) is 1.51. The summed E-state index contributed by atoms with van der Waals surface area (Å²) in [4.78, 5) is 23.1. The number of carbonyl (C=O) groups excluding carboxylic acids is 1. The summed E-state index contributed by atoms with van der Waals surface area (Å²) < 4.78 is 39.8. The normalized spacial score (nSPS) is 16.6. The van der Waals surface area contributed by atoms with Crippen LogP contribution in [0.3, 0.4) is 0 Å². The molecule has 1 aliphatic heterocycles. The molecule has 3 aromatic rings. The number of hydrogen-bond acceptors (Lipinski definition) is 4. The number of rotatable bonds is 4. The molecule has 1 atom stereocenters. The van der Waals surface area contributed by atoms with Gasteiger partial charge in [-0.2, -0.15) is 13.2 Å². The lowest BCUT2D eigenvalue weighted by Gasteiger charge is -2.27. The second kappa shape index (κ2) is 9.22. The second-order valence-corrected chi connectivity index (χ2v) is 9.68. The van der Waals surface area contributed by atoms with Crippen LogP contribution in [0.2, 0.25) is 0 Å². The van der Waals surface area contributed by atoms with Gasteiger partial charge >= 0.3 is 6.18 Å². The molecule has 1 aliphatic carbocycles. The first kappa shape index (κ1) is 24.3. The van der Waals surface area contributed by atoms with Gasteiger partial charge in [0.1, 0.15) is 11.6 Å². The molecule has 2 aliphatic rings. The van der Waals surface area contributed by atoms with Crippen LogP contribution in [-0.2, 0) is 23.8 Å². The van der Waals surface area contributed by atoms with Crippen LogP contribution >= 0.6 is 0 Å². The molecule has 0 spiro atoms. The van der Waals surface area contributed by atoms with E-state index in [-0.39, 0.29) is 11.9 Å². The van der Waals surface area contributed by atoms with Gasteiger partial charge in [-0.3, -0.25) is 4.79 Å². The number of aromatic nitrogens is 2. The van der Waals surface area contributed by atoms with Gasteiger partial charge in [-0.05, 0) is 85.6 Å². The number of halogens is 3. The first-order valence-electron chi connectivity index (χ1n) is 12.3. The Labute approximate surface area is 208 Å². The minimum absolute atomic E-state index is 0.0768. The maximum absolute atomic E-state index is 13.3. The summed E-state index contributed by atoms with van der Waals surface area (Å²) in [5, 5.41) is 4.25. The minimum atomic E-state index is -4.39. The summed E-state index contributed by atoms with van der Waals surface area (Å²) in [5.41, 5.74) is 5.75. The number of benzene rings is 2. The Kier molecular flexibility index (Phi) is 6.22. The molecule has 36 heavy (non-hydrogen) atoms. The number of fused-ring (bicyclic) bond motifs is 3. The molecular formula is C28H29F3N4O. The number of nitrogens with one attached hydrogen (secondary N) is 1. The highest BCUT2D eigenvalue weighted by Crippen LogP contribution is 2.39. The van der Waals surface area contributed by atoms with Crippen LogP contribution in [-0.4, -0.2) is 33.9 Å². The molecular weight excluding hydrogens is 465 g/mol.